The molecule has 0 radical (unpaired) electrons. The van der Waals surface area contributed by atoms with Gasteiger partial charge in [0, 0.05) is 18.7 Å². The number of furan rings is 1. The highest BCUT2D eigenvalue weighted by Crippen LogP contribution is 2.08. The zero-order valence-electron chi connectivity index (χ0n) is 10.8. The number of guanidine groups is 1. The highest BCUT2D eigenvalue weighted by molar-refractivity contribution is 14.0. The van der Waals surface area contributed by atoms with Gasteiger partial charge in [0.15, 0.2) is 5.96 Å². The number of aryl methyl sites for hydroxylation is 1. The number of nitrogens with two attached hydrogens (primary N) is 1. The van der Waals surface area contributed by atoms with E-state index < -0.39 is 0 Å². The predicted octanol–water partition coefficient (Wildman–Crippen LogP) is 3.18. The van der Waals surface area contributed by atoms with Crippen LogP contribution in [-0.2, 0) is 6.42 Å². The molecule has 0 unspecified atom stereocenters. The van der Waals surface area contributed by atoms with Crippen LogP contribution in [0.5, 0.6) is 0 Å². The van der Waals surface area contributed by atoms with E-state index in [1.165, 1.54) is 5.56 Å². The van der Waals surface area contributed by atoms with E-state index in [1.54, 1.807) is 6.26 Å². The van der Waals surface area contributed by atoms with Crippen molar-refractivity contribution in [1.82, 2.24) is 0 Å². The number of hydrogen-bond donors (Lipinski definition) is 2. The van der Waals surface area contributed by atoms with Gasteiger partial charge in [0.2, 0.25) is 0 Å². The van der Waals surface area contributed by atoms with Gasteiger partial charge in [0.05, 0.1) is 6.26 Å². The monoisotopic (exact) mass is 371 g/mol. The number of aliphatic imine (C=N–C) groups is 1. The Labute approximate surface area is 130 Å². The lowest BCUT2D eigenvalue weighted by molar-refractivity contribution is 0.511. The highest BCUT2D eigenvalue weighted by Gasteiger charge is 1.97. The first kappa shape index (κ1) is 15.6. The fourth-order valence-electron chi connectivity index (χ4n) is 1.65. The number of benzene rings is 1. The molecule has 0 fully saturated rings. The molecule has 5 heteroatoms. The molecule has 0 aliphatic rings. The van der Waals surface area contributed by atoms with Gasteiger partial charge in [0.25, 0.3) is 0 Å². The third kappa shape index (κ3) is 5.34. The van der Waals surface area contributed by atoms with Crippen LogP contribution in [0, 0.1) is 6.92 Å². The number of rotatable bonds is 4. The molecule has 0 aliphatic heterocycles. The molecule has 2 aromatic rings. The normalized spacial score (nSPS) is 10.9. The smallest absolute Gasteiger partial charge is 0.193 e. The van der Waals surface area contributed by atoms with Gasteiger partial charge in [0.1, 0.15) is 5.76 Å². The van der Waals surface area contributed by atoms with Gasteiger partial charge in [-0.15, -0.1) is 24.0 Å². The molecular weight excluding hydrogens is 353 g/mol. The Morgan fingerprint density at radius 2 is 2.16 bits per heavy atom. The molecule has 1 heterocycles. The van der Waals surface area contributed by atoms with Gasteiger partial charge in [-0.2, -0.15) is 0 Å². The average molecular weight is 371 g/mol. The first-order valence-corrected chi connectivity index (χ1v) is 5.90. The number of anilines is 1. The summed E-state index contributed by atoms with van der Waals surface area (Å²) in [6.07, 6.45) is 2.41. The van der Waals surface area contributed by atoms with Crippen LogP contribution in [-0.4, -0.2) is 12.5 Å². The van der Waals surface area contributed by atoms with Gasteiger partial charge in [-0.1, -0.05) is 12.1 Å². The molecule has 2 rings (SSSR count). The summed E-state index contributed by atoms with van der Waals surface area (Å²) in [7, 11) is 0. The van der Waals surface area contributed by atoms with Gasteiger partial charge >= 0.3 is 0 Å². The maximum atomic E-state index is 5.80. The minimum absolute atomic E-state index is 0. The van der Waals surface area contributed by atoms with Crippen LogP contribution < -0.4 is 11.1 Å². The Balaban J connectivity index is 0.00000180. The van der Waals surface area contributed by atoms with Crippen LogP contribution in [0.25, 0.3) is 0 Å². The molecule has 0 aliphatic carbocycles. The fraction of sp³-hybridized carbons (Fsp3) is 0.214. The molecular formula is C14H18IN3O. The van der Waals surface area contributed by atoms with E-state index in [1.807, 2.05) is 43.3 Å². The molecule has 1 aromatic carbocycles. The minimum atomic E-state index is 0. The van der Waals surface area contributed by atoms with Crippen molar-refractivity contribution < 1.29 is 4.42 Å². The second-order valence-electron chi connectivity index (χ2n) is 4.09. The Morgan fingerprint density at radius 3 is 2.84 bits per heavy atom. The highest BCUT2D eigenvalue weighted by atomic mass is 127. The molecule has 0 saturated carbocycles. The van der Waals surface area contributed by atoms with Crippen molar-refractivity contribution in [3.8, 4) is 0 Å². The van der Waals surface area contributed by atoms with E-state index in [4.69, 9.17) is 10.2 Å². The van der Waals surface area contributed by atoms with Crippen molar-refractivity contribution in [3.63, 3.8) is 0 Å². The van der Waals surface area contributed by atoms with Crippen molar-refractivity contribution in [3.05, 3.63) is 54.0 Å². The van der Waals surface area contributed by atoms with Gasteiger partial charge < -0.3 is 15.5 Å². The first-order valence-electron chi connectivity index (χ1n) is 5.90. The first-order chi connectivity index (χ1) is 8.74. The van der Waals surface area contributed by atoms with Crippen LogP contribution >= 0.6 is 24.0 Å². The summed E-state index contributed by atoms with van der Waals surface area (Å²) < 4.78 is 5.22. The van der Waals surface area contributed by atoms with Gasteiger partial charge in [-0.25, -0.2) is 0 Å². The molecule has 1 aromatic heterocycles. The summed E-state index contributed by atoms with van der Waals surface area (Å²) in [4.78, 5) is 4.25. The molecule has 4 nitrogen and oxygen atoms in total. The topological polar surface area (TPSA) is 63.5 Å². The van der Waals surface area contributed by atoms with E-state index in [2.05, 4.69) is 10.3 Å². The lowest BCUT2D eigenvalue weighted by atomic mass is 10.2. The van der Waals surface area contributed by atoms with E-state index in [0.29, 0.717) is 12.5 Å². The van der Waals surface area contributed by atoms with Crippen molar-refractivity contribution in [1.29, 1.82) is 0 Å². The predicted molar refractivity (Wildman–Crippen MR) is 89.1 cm³/mol. The summed E-state index contributed by atoms with van der Waals surface area (Å²) in [6, 6.07) is 11.8. The van der Waals surface area contributed by atoms with Crippen molar-refractivity contribution in [2.45, 2.75) is 13.3 Å². The lowest BCUT2D eigenvalue weighted by Crippen LogP contribution is -2.23. The average Bonchev–Trinajstić information content (AvgIpc) is 2.82. The van der Waals surface area contributed by atoms with E-state index in [0.717, 1.165) is 17.9 Å². The van der Waals surface area contributed by atoms with Crippen LogP contribution in [0.3, 0.4) is 0 Å². The van der Waals surface area contributed by atoms with Crippen LogP contribution in [0.2, 0.25) is 0 Å². The van der Waals surface area contributed by atoms with E-state index in [9.17, 15) is 0 Å². The Hall–Kier alpha value is -1.50. The molecule has 19 heavy (non-hydrogen) atoms. The standard InChI is InChI=1S/C14H17N3O.HI/c1-11-4-2-5-12(10-11)17-14(15)16-8-7-13-6-3-9-18-13;/h2-6,9-10H,7-8H2,1H3,(H3,15,16,17);1H. The molecule has 0 amide bonds. The Morgan fingerprint density at radius 1 is 1.32 bits per heavy atom. The number of nitrogens with one attached hydrogen (secondary N) is 1. The summed E-state index contributed by atoms with van der Waals surface area (Å²) in [5, 5.41) is 3.06. The summed E-state index contributed by atoms with van der Waals surface area (Å²) in [6.45, 7) is 2.65. The summed E-state index contributed by atoms with van der Waals surface area (Å²) in [5.74, 6) is 1.34. The fourth-order valence-corrected chi connectivity index (χ4v) is 1.65. The summed E-state index contributed by atoms with van der Waals surface area (Å²) in [5.41, 5.74) is 7.94. The van der Waals surface area contributed by atoms with Crippen LogP contribution in [0.1, 0.15) is 11.3 Å². The Bertz CT molecular complexity index is 523. The SMILES string of the molecule is Cc1cccc(NC(N)=NCCc2ccco2)c1.I. The van der Waals surface area contributed by atoms with Crippen LogP contribution in [0.4, 0.5) is 5.69 Å². The number of hydrogen-bond acceptors (Lipinski definition) is 2. The Kier molecular flexibility index (Phi) is 6.41. The summed E-state index contributed by atoms with van der Waals surface area (Å²) >= 11 is 0. The zero-order chi connectivity index (χ0) is 12.8. The van der Waals surface area contributed by atoms with E-state index >= 15 is 0 Å². The zero-order valence-corrected chi connectivity index (χ0v) is 13.1. The van der Waals surface area contributed by atoms with E-state index in [-0.39, 0.29) is 24.0 Å². The largest absolute Gasteiger partial charge is 0.469 e. The van der Waals surface area contributed by atoms with Crippen LogP contribution in [0.15, 0.2) is 52.1 Å². The third-order valence-corrected chi connectivity index (χ3v) is 2.51. The van der Waals surface area contributed by atoms with Crippen molar-refractivity contribution in [2.75, 3.05) is 11.9 Å². The van der Waals surface area contributed by atoms with Gasteiger partial charge in [-0.3, -0.25) is 4.99 Å². The second-order valence-corrected chi connectivity index (χ2v) is 4.09. The third-order valence-electron chi connectivity index (χ3n) is 2.51. The number of halogens is 1. The molecule has 0 saturated heterocycles. The maximum absolute atomic E-state index is 5.80. The molecule has 3 N–H and O–H groups in total. The quantitative estimate of drug-likeness (QED) is 0.493. The van der Waals surface area contributed by atoms with Gasteiger partial charge in [-0.05, 0) is 36.8 Å². The number of nitrogens with zero attached hydrogens (tertiary/aromatic N) is 1. The second kappa shape index (κ2) is 7.83. The maximum Gasteiger partial charge on any atom is 0.193 e. The molecule has 102 valence electrons. The van der Waals surface area contributed by atoms with Crippen molar-refractivity contribution in [2.24, 2.45) is 10.7 Å². The molecule has 0 atom stereocenters. The minimum Gasteiger partial charge on any atom is -0.469 e. The molecule has 0 bridgehead atoms. The van der Waals surface area contributed by atoms with Crippen molar-refractivity contribution >= 4 is 35.6 Å². The lowest BCUT2D eigenvalue weighted by Gasteiger charge is -2.05. The molecule has 0 spiro atoms.